The summed E-state index contributed by atoms with van der Waals surface area (Å²) in [5.74, 6) is -0.969. The lowest BCUT2D eigenvalue weighted by Crippen LogP contribution is -2.33. The van der Waals surface area contributed by atoms with Crippen LogP contribution in [0.4, 0.5) is 26.3 Å². The maximum Gasteiger partial charge on any atom is 0.416 e. The Balaban J connectivity index is 2.82. The summed E-state index contributed by atoms with van der Waals surface area (Å²) in [6.45, 7) is 5.22. The zero-order valence-electron chi connectivity index (χ0n) is 15.2. The van der Waals surface area contributed by atoms with Crippen molar-refractivity contribution in [1.82, 2.24) is 0 Å². The normalized spacial score (nSPS) is 14.9. The second kappa shape index (κ2) is 8.95. The summed E-state index contributed by atoms with van der Waals surface area (Å²) in [4.78, 5) is 12.0. The summed E-state index contributed by atoms with van der Waals surface area (Å²) in [5.41, 5.74) is 2.87. The van der Waals surface area contributed by atoms with Crippen LogP contribution in [0.25, 0.3) is 0 Å². The van der Waals surface area contributed by atoms with Crippen LogP contribution in [-0.2, 0) is 17.1 Å². The van der Waals surface area contributed by atoms with Gasteiger partial charge < -0.3 is 10.5 Å². The van der Waals surface area contributed by atoms with E-state index in [1.54, 1.807) is 6.92 Å². The van der Waals surface area contributed by atoms with E-state index in [9.17, 15) is 31.1 Å². The highest BCUT2D eigenvalue weighted by molar-refractivity contribution is 5.83. The van der Waals surface area contributed by atoms with Gasteiger partial charge in [0.15, 0.2) is 0 Å². The molecule has 154 valence electrons. The van der Waals surface area contributed by atoms with Crippen LogP contribution in [-0.4, -0.2) is 18.4 Å². The molecule has 2 atom stereocenters. The predicted molar refractivity (Wildman–Crippen MR) is 88.2 cm³/mol. The Hall–Kier alpha value is -1.77. The van der Waals surface area contributed by atoms with Gasteiger partial charge in [-0.1, -0.05) is 20.8 Å². The molecule has 0 bridgehead atoms. The number of Topliss-reactive ketones (excluding diaryl/α,β-unsaturated/α-hetero) is 1. The van der Waals surface area contributed by atoms with Gasteiger partial charge in [-0.3, -0.25) is 4.79 Å². The minimum absolute atomic E-state index is 0.0268. The molecule has 0 aliphatic carbocycles. The van der Waals surface area contributed by atoms with E-state index in [2.05, 4.69) is 0 Å². The number of rotatable bonds is 8. The number of hydrogen-bond donors (Lipinski definition) is 1. The smallest absolute Gasteiger partial charge is 0.416 e. The summed E-state index contributed by atoms with van der Waals surface area (Å²) in [6.07, 6.45) is -9.36. The highest BCUT2D eigenvalue weighted by Crippen LogP contribution is 2.38. The Morgan fingerprint density at radius 2 is 1.48 bits per heavy atom. The van der Waals surface area contributed by atoms with Crippen LogP contribution in [0.5, 0.6) is 5.75 Å². The van der Waals surface area contributed by atoms with Gasteiger partial charge in [0.25, 0.3) is 0 Å². The number of carbonyl (C=O) groups is 1. The summed E-state index contributed by atoms with van der Waals surface area (Å²) in [7, 11) is 0. The maximum atomic E-state index is 12.8. The number of nitrogens with two attached hydrogens (primary N) is 1. The third kappa shape index (κ3) is 7.78. The van der Waals surface area contributed by atoms with Crippen LogP contribution in [0.1, 0.15) is 44.7 Å². The lowest BCUT2D eigenvalue weighted by molar-refractivity contribution is -0.143. The van der Waals surface area contributed by atoms with E-state index in [4.69, 9.17) is 10.5 Å². The Morgan fingerprint density at radius 3 is 1.89 bits per heavy atom. The highest BCUT2D eigenvalue weighted by atomic mass is 19.4. The SMILES string of the molecule is CC(C)C[C@@H](N)C(=O)CC(C)COc1cc(C(F)(F)F)cc(C(F)(F)F)c1. The van der Waals surface area contributed by atoms with Gasteiger partial charge >= 0.3 is 12.4 Å². The van der Waals surface area contributed by atoms with E-state index < -0.39 is 41.2 Å². The van der Waals surface area contributed by atoms with Crippen molar-refractivity contribution < 1.29 is 35.9 Å². The average Bonchev–Trinajstić information content (AvgIpc) is 2.50. The predicted octanol–water partition coefficient (Wildman–Crippen LogP) is 5.07. The minimum Gasteiger partial charge on any atom is -0.493 e. The molecule has 0 spiro atoms. The van der Waals surface area contributed by atoms with Gasteiger partial charge in [0.1, 0.15) is 11.5 Å². The monoisotopic (exact) mass is 399 g/mol. The molecule has 0 radical (unpaired) electrons. The van der Waals surface area contributed by atoms with Crippen molar-refractivity contribution in [3.63, 3.8) is 0 Å². The molecular formula is C18H23F6NO2. The molecule has 9 heteroatoms. The van der Waals surface area contributed by atoms with Crippen LogP contribution in [0.2, 0.25) is 0 Å². The van der Waals surface area contributed by atoms with Crippen molar-refractivity contribution in [3.8, 4) is 5.75 Å². The van der Waals surface area contributed by atoms with E-state index in [0.29, 0.717) is 18.6 Å². The van der Waals surface area contributed by atoms with Gasteiger partial charge in [0.05, 0.1) is 23.8 Å². The van der Waals surface area contributed by atoms with E-state index >= 15 is 0 Å². The van der Waals surface area contributed by atoms with Crippen LogP contribution in [0.15, 0.2) is 18.2 Å². The summed E-state index contributed by atoms with van der Waals surface area (Å²) < 4.78 is 82.0. The van der Waals surface area contributed by atoms with E-state index in [0.717, 1.165) is 0 Å². The third-order valence-electron chi connectivity index (χ3n) is 3.78. The first-order chi connectivity index (χ1) is 12.2. The Labute approximate surface area is 153 Å². The molecule has 0 saturated heterocycles. The van der Waals surface area contributed by atoms with Crippen LogP contribution < -0.4 is 10.5 Å². The average molecular weight is 399 g/mol. The second-order valence-corrected chi connectivity index (χ2v) is 7.06. The van der Waals surface area contributed by atoms with Crippen molar-refractivity contribution in [3.05, 3.63) is 29.3 Å². The van der Waals surface area contributed by atoms with Gasteiger partial charge in [-0.2, -0.15) is 26.3 Å². The number of hydrogen-bond acceptors (Lipinski definition) is 3. The quantitative estimate of drug-likeness (QED) is 0.621. The van der Waals surface area contributed by atoms with Gasteiger partial charge in [0.2, 0.25) is 0 Å². The zero-order valence-corrected chi connectivity index (χ0v) is 15.2. The Kier molecular flexibility index (Phi) is 7.71. The summed E-state index contributed by atoms with van der Waals surface area (Å²) >= 11 is 0. The standard InChI is InChI=1S/C18H23F6NO2/c1-10(2)4-15(25)16(26)5-11(3)9-27-14-7-12(17(19,20)21)6-13(8-14)18(22,23)24/h6-8,10-11,15H,4-5,9,25H2,1-3H3/t11?,15-/m1/s1. The molecule has 0 saturated carbocycles. The highest BCUT2D eigenvalue weighted by Gasteiger charge is 2.37. The van der Waals surface area contributed by atoms with Crippen molar-refractivity contribution in [2.45, 2.75) is 52.0 Å². The van der Waals surface area contributed by atoms with Gasteiger partial charge in [-0.25, -0.2) is 0 Å². The third-order valence-corrected chi connectivity index (χ3v) is 3.78. The minimum atomic E-state index is -4.94. The lowest BCUT2D eigenvalue weighted by Gasteiger charge is -2.18. The molecule has 0 fully saturated rings. The number of ketones is 1. The molecule has 2 N–H and O–H groups in total. The first-order valence-electron chi connectivity index (χ1n) is 8.40. The second-order valence-electron chi connectivity index (χ2n) is 7.06. The molecule has 0 heterocycles. The van der Waals surface area contributed by atoms with Crippen molar-refractivity contribution >= 4 is 5.78 Å². The van der Waals surface area contributed by atoms with Gasteiger partial charge in [-0.15, -0.1) is 0 Å². The fraction of sp³-hybridized carbons (Fsp3) is 0.611. The fourth-order valence-corrected chi connectivity index (χ4v) is 2.44. The molecule has 27 heavy (non-hydrogen) atoms. The number of benzene rings is 1. The molecule has 0 aliphatic rings. The fourth-order valence-electron chi connectivity index (χ4n) is 2.44. The number of alkyl halides is 6. The molecular weight excluding hydrogens is 376 g/mol. The molecule has 0 aromatic heterocycles. The molecule has 0 amide bonds. The van der Waals surface area contributed by atoms with Crippen molar-refractivity contribution in [1.29, 1.82) is 0 Å². The van der Waals surface area contributed by atoms with Crippen LogP contribution in [0, 0.1) is 11.8 Å². The largest absolute Gasteiger partial charge is 0.493 e. The topological polar surface area (TPSA) is 52.3 Å². The summed E-state index contributed by atoms with van der Waals surface area (Å²) in [5, 5.41) is 0. The molecule has 0 aliphatic heterocycles. The van der Waals surface area contributed by atoms with E-state index in [1.807, 2.05) is 13.8 Å². The molecule has 3 nitrogen and oxygen atoms in total. The maximum absolute atomic E-state index is 12.8. The first-order valence-corrected chi connectivity index (χ1v) is 8.40. The Morgan fingerprint density at radius 1 is 1.00 bits per heavy atom. The van der Waals surface area contributed by atoms with Crippen molar-refractivity contribution in [2.75, 3.05) is 6.61 Å². The Bertz CT molecular complexity index is 607. The molecule has 1 rings (SSSR count). The first kappa shape index (κ1) is 23.3. The van der Waals surface area contributed by atoms with Gasteiger partial charge in [0, 0.05) is 6.42 Å². The van der Waals surface area contributed by atoms with E-state index in [1.165, 1.54) is 0 Å². The number of halogens is 6. The van der Waals surface area contributed by atoms with E-state index in [-0.39, 0.29) is 30.8 Å². The molecule has 1 unspecified atom stereocenters. The van der Waals surface area contributed by atoms with Crippen LogP contribution in [0.3, 0.4) is 0 Å². The number of ether oxygens (including phenoxy) is 1. The number of carbonyl (C=O) groups excluding carboxylic acids is 1. The van der Waals surface area contributed by atoms with Gasteiger partial charge in [-0.05, 0) is 36.5 Å². The molecule has 1 aromatic carbocycles. The zero-order chi connectivity index (χ0) is 21.0. The van der Waals surface area contributed by atoms with Crippen LogP contribution >= 0.6 is 0 Å². The summed E-state index contributed by atoms with van der Waals surface area (Å²) in [6, 6.07) is 0.394. The van der Waals surface area contributed by atoms with Crippen molar-refractivity contribution in [2.24, 2.45) is 17.6 Å². The lowest BCUT2D eigenvalue weighted by atomic mass is 9.95. The molecule has 1 aromatic rings.